The van der Waals surface area contributed by atoms with Crippen LogP contribution in [0.1, 0.15) is 11.7 Å². The number of sulfonamides is 1. The minimum absolute atomic E-state index is 0.161. The molecule has 194 valence electrons. The molecule has 2 aromatic carbocycles. The van der Waals surface area contributed by atoms with Gasteiger partial charge in [0.1, 0.15) is 22.9 Å². The van der Waals surface area contributed by atoms with E-state index in [4.69, 9.17) is 25.8 Å². The number of rotatable bonds is 10. The van der Waals surface area contributed by atoms with E-state index in [-0.39, 0.29) is 11.8 Å². The maximum atomic E-state index is 13.1. The first-order valence-electron chi connectivity index (χ1n) is 10.9. The lowest BCUT2D eigenvalue weighted by molar-refractivity contribution is 0.202. The molecule has 37 heavy (non-hydrogen) atoms. The molecule has 2 N–H and O–H groups in total. The normalized spacial score (nSPS) is 12.1. The van der Waals surface area contributed by atoms with Crippen molar-refractivity contribution in [3.05, 3.63) is 71.2 Å². The Kier molecular flexibility index (Phi) is 7.81. The molecule has 0 saturated carbocycles. The van der Waals surface area contributed by atoms with Crippen LogP contribution >= 0.6 is 11.6 Å². The van der Waals surface area contributed by atoms with Gasteiger partial charge in [-0.2, -0.15) is 0 Å². The van der Waals surface area contributed by atoms with Gasteiger partial charge in [-0.3, -0.25) is 9.29 Å². The first kappa shape index (κ1) is 26.2. The van der Waals surface area contributed by atoms with E-state index in [0.29, 0.717) is 39.3 Å². The lowest BCUT2D eigenvalue weighted by atomic mass is 10.1. The minimum atomic E-state index is -4.13. The topological polar surface area (TPSA) is 138 Å². The highest BCUT2D eigenvalue weighted by atomic mass is 35.5. The number of nitrogens with one attached hydrogen (secondary N) is 1. The lowest BCUT2D eigenvalue weighted by Gasteiger charge is -2.18. The van der Waals surface area contributed by atoms with Crippen LogP contribution in [0.5, 0.6) is 17.4 Å². The third-order valence-electron chi connectivity index (χ3n) is 5.33. The van der Waals surface area contributed by atoms with Gasteiger partial charge in [-0.1, -0.05) is 35.9 Å². The number of ether oxygens (including phenoxy) is 3. The fourth-order valence-electron chi connectivity index (χ4n) is 3.60. The summed E-state index contributed by atoms with van der Waals surface area (Å²) in [7, 11) is 0.293. The highest BCUT2D eigenvalue weighted by molar-refractivity contribution is 7.92. The van der Waals surface area contributed by atoms with Crippen LogP contribution in [0.3, 0.4) is 0 Å². The average molecular weight is 546 g/mol. The van der Waals surface area contributed by atoms with Crippen molar-refractivity contribution < 1.29 is 27.7 Å². The van der Waals surface area contributed by atoms with E-state index in [2.05, 4.69) is 19.9 Å². The first-order chi connectivity index (χ1) is 17.8. The van der Waals surface area contributed by atoms with Crippen LogP contribution < -0.4 is 18.9 Å². The maximum Gasteiger partial charge on any atom is 0.243 e. The summed E-state index contributed by atoms with van der Waals surface area (Å²) in [6.45, 7) is 0. The zero-order valence-electron chi connectivity index (χ0n) is 20.1. The number of aromatic nitrogens is 4. The van der Waals surface area contributed by atoms with Crippen molar-refractivity contribution in [3.8, 4) is 34.6 Å². The van der Waals surface area contributed by atoms with Gasteiger partial charge >= 0.3 is 0 Å². The van der Waals surface area contributed by atoms with Crippen molar-refractivity contribution in [2.24, 2.45) is 0 Å². The van der Waals surface area contributed by atoms with E-state index >= 15 is 0 Å². The Bertz CT molecular complexity index is 1470. The van der Waals surface area contributed by atoms with E-state index in [1.165, 1.54) is 25.9 Å². The van der Waals surface area contributed by atoms with Crippen LogP contribution in [0, 0.1) is 0 Å². The van der Waals surface area contributed by atoms with Crippen LogP contribution in [-0.2, 0) is 10.0 Å². The average Bonchev–Trinajstić information content (AvgIpc) is 3.30. The van der Waals surface area contributed by atoms with Gasteiger partial charge in [-0.25, -0.2) is 13.4 Å². The third-order valence-corrected chi connectivity index (χ3v) is 6.83. The molecule has 0 aliphatic heterocycles. The van der Waals surface area contributed by atoms with Crippen molar-refractivity contribution in [1.29, 1.82) is 0 Å². The number of pyridine rings is 1. The number of anilines is 1. The van der Waals surface area contributed by atoms with Gasteiger partial charge in [0.15, 0.2) is 5.82 Å². The molecule has 13 heteroatoms. The molecule has 0 aliphatic carbocycles. The Balaban J connectivity index is 1.80. The van der Waals surface area contributed by atoms with Gasteiger partial charge in [-0.15, -0.1) is 10.2 Å². The van der Waals surface area contributed by atoms with Crippen LogP contribution in [0.25, 0.3) is 17.2 Å². The molecule has 4 aromatic rings. The lowest BCUT2D eigenvalue weighted by Crippen LogP contribution is -2.23. The second-order valence-electron chi connectivity index (χ2n) is 7.71. The summed E-state index contributed by atoms with van der Waals surface area (Å²) >= 11 is 5.89. The fraction of sp³-hybridized carbons (Fsp3) is 0.208. The Morgan fingerprint density at radius 3 is 2.22 bits per heavy atom. The predicted molar refractivity (Wildman–Crippen MR) is 138 cm³/mol. The molecule has 1 atom stereocenters. The highest BCUT2D eigenvalue weighted by Crippen LogP contribution is 2.37. The molecule has 2 aromatic heterocycles. The molecule has 0 spiro atoms. The smallest absolute Gasteiger partial charge is 0.243 e. The molecule has 2 heterocycles. The summed E-state index contributed by atoms with van der Waals surface area (Å²) in [6.07, 6.45) is -1.31. The third kappa shape index (κ3) is 5.77. The summed E-state index contributed by atoms with van der Waals surface area (Å²) < 4.78 is 46.4. The fourth-order valence-corrected chi connectivity index (χ4v) is 4.83. The van der Waals surface area contributed by atoms with Crippen molar-refractivity contribution in [3.63, 3.8) is 0 Å². The van der Waals surface area contributed by atoms with Crippen molar-refractivity contribution in [1.82, 2.24) is 19.7 Å². The summed E-state index contributed by atoms with van der Waals surface area (Å²) in [4.78, 5) is 4.41. The molecule has 0 unspecified atom stereocenters. The molecule has 0 radical (unpaired) electrons. The number of aliphatic hydroxyl groups is 1. The second kappa shape index (κ2) is 11.0. The number of hydrogen-bond donors (Lipinski definition) is 2. The van der Waals surface area contributed by atoms with E-state index in [0.717, 1.165) is 0 Å². The van der Waals surface area contributed by atoms with Crippen LogP contribution in [-0.4, -0.2) is 60.4 Å². The molecule has 0 aliphatic rings. The van der Waals surface area contributed by atoms with Crippen molar-refractivity contribution in [2.45, 2.75) is 6.10 Å². The van der Waals surface area contributed by atoms with Gasteiger partial charge in [-0.05, 0) is 35.9 Å². The van der Waals surface area contributed by atoms with E-state index in [9.17, 15) is 13.5 Å². The summed E-state index contributed by atoms with van der Waals surface area (Å²) in [5.41, 5.74) is 1.09. The highest BCUT2D eigenvalue weighted by Gasteiger charge is 2.27. The number of halogens is 1. The van der Waals surface area contributed by atoms with Crippen molar-refractivity contribution >= 4 is 27.6 Å². The molecule has 4 rings (SSSR count). The summed E-state index contributed by atoms with van der Waals surface area (Å²) in [6, 6.07) is 16.4. The number of nitrogens with zero attached hydrogens (tertiary/aromatic N) is 4. The Morgan fingerprint density at radius 1 is 0.946 bits per heavy atom. The molecule has 0 saturated heterocycles. The summed E-state index contributed by atoms with van der Waals surface area (Å²) in [5, 5.41) is 19.3. The first-order valence-corrected chi connectivity index (χ1v) is 12.9. The molecule has 0 bridgehead atoms. The molecular weight excluding hydrogens is 522 g/mol. The number of methoxy groups -OCH3 is 3. The van der Waals surface area contributed by atoms with Gasteiger partial charge in [0, 0.05) is 11.1 Å². The van der Waals surface area contributed by atoms with E-state index < -0.39 is 21.9 Å². The predicted octanol–water partition coefficient (Wildman–Crippen LogP) is 3.48. The van der Waals surface area contributed by atoms with Gasteiger partial charge < -0.3 is 19.3 Å². The zero-order chi connectivity index (χ0) is 26.6. The van der Waals surface area contributed by atoms with Gasteiger partial charge in [0.2, 0.25) is 21.9 Å². The van der Waals surface area contributed by atoms with Crippen LogP contribution in [0.4, 0.5) is 5.95 Å². The standard InChI is InChI=1S/C24H24ClN5O6S/c1-34-19-7-5-8-20(35-2)22(19)30-23(17-6-4-9-21(26-17)36-3)27-28-24(30)29-37(32,33)14-18(31)15-10-12-16(25)13-11-15/h4-13,18,31H,14H2,1-3H3,(H,28,29)/t18-/m0/s1. The number of benzene rings is 2. The zero-order valence-corrected chi connectivity index (χ0v) is 21.7. The number of aliphatic hydroxyl groups excluding tert-OH is 1. The molecule has 11 nitrogen and oxygen atoms in total. The molecule has 0 amide bonds. The largest absolute Gasteiger partial charge is 0.494 e. The quantitative estimate of drug-likeness (QED) is 0.306. The maximum absolute atomic E-state index is 13.1. The molecule has 0 fully saturated rings. The Labute approximate surface area is 218 Å². The van der Waals surface area contributed by atoms with Crippen LogP contribution in [0.15, 0.2) is 60.7 Å². The molecular formula is C24H24ClN5O6S. The van der Waals surface area contributed by atoms with E-state index in [1.807, 2.05) is 0 Å². The SMILES string of the molecule is COc1cccc(-c2nnc(NS(=O)(=O)C[C@H](O)c3ccc(Cl)cc3)n2-c2c(OC)cccc2OC)n1. The second-order valence-corrected chi connectivity index (χ2v) is 9.91. The van der Waals surface area contributed by atoms with Gasteiger partial charge in [0.25, 0.3) is 0 Å². The Hall–Kier alpha value is -3.87. The number of para-hydroxylation sites is 1. The van der Waals surface area contributed by atoms with Gasteiger partial charge in [0.05, 0.1) is 33.2 Å². The van der Waals surface area contributed by atoms with E-state index in [1.54, 1.807) is 60.7 Å². The van der Waals surface area contributed by atoms with Crippen molar-refractivity contribution in [2.75, 3.05) is 31.8 Å². The Morgan fingerprint density at radius 2 is 1.59 bits per heavy atom. The monoisotopic (exact) mass is 545 g/mol. The summed E-state index contributed by atoms with van der Waals surface area (Å²) in [5.74, 6) is 0.447. The van der Waals surface area contributed by atoms with Crippen LogP contribution in [0.2, 0.25) is 5.02 Å². The number of hydrogen-bond acceptors (Lipinski definition) is 9. The minimum Gasteiger partial charge on any atom is -0.494 e.